The van der Waals surface area contributed by atoms with Gasteiger partial charge in [-0.05, 0) is 12.0 Å². The van der Waals surface area contributed by atoms with Gasteiger partial charge in [0.25, 0.3) is 5.56 Å². The third-order valence-corrected chi connectivity index (χ3v) is 2.95. The molecule has 0 aliphatic carbocycles. The first-order chi connectivity index (χ1) is 11.2. The minimum Gasteiger partial charge on any atom is -0.493 e. The lowest BCUT2D eigenvalue weighted by Gasteiger charge is -2.11. The molecule has 9 nitrogen and oxygen atoms in total. The summed E-state index contributed by atoms with van der Waals surface area (Å²) in [6.07, 6.45) is 0.803. The molecule has 0 amide bonds. The van der Waals surface area contributed by atoms with Crippen LogP contribution < -0.4 is 5.56 Å². The molecular weight excluding hydrogens is 316 g/mol. The van der Waals surface area contributed by atoms with Gasteiger partial charge in [-0.1, -0.05) is 32.9 Å². The summed E-state index contributed by atoms with van der Waals surface area (Å²) in [4.78, 5) is 29.8. The van der Waals surface area contributed by atoms with Gasteiger partial charge in [0.15, 0.2) is 0 Å². The van der Waals surface area contributed by atoms with Crippen LogP contribution in [0.3, 0.4) is 0 Å². The highest BCUT2D eigenvalue weighted by Crippen LogP contribution is 2.30. The van der Waals surface area contributed by atoms with Gasteiger partial charge in [0.1, 0.15) is 11.4 Å². The Morgan fingerprint density at radius 1 is 1.29 bits per heavy atom. The van der Waals surface area contributed by atoms with Gasteiger partial charge in [-0.2, -0.15) is 9.59 Å². The van der Waals surface area contributed by atoms with Crippen molar-refractivity contribution in [3.8, 4) is 5.88 Å². The van der Waals surface area contributed by atoms with Crippen LogP contribution in [0.4, 0.5) is 11.5 Å². The quantitative estimate of drug-likeness (QED) is 0.828. The number of aromatic nitrogens is 2. The van der Waals surface area contributed by atoms with E-state index in [0.717, 1.165) is 0 Å². The van der Waals surface area contributed by atoms with Crippen molar-refractivity contribution in [2.24, 2.45) is 10.2 Å². The summed E-state index contributed by atoms with van der Waals surface area (Å²) < 4.78 is 5.20. The monoisotopic (exact) mass is 334 g/mol. The number of rotatable bonds is 3. The van der Waals surface area contributed by atoms with E-state index in [0.29, 0.717) is 23.6 Å². The van der Waals surface area contributed by atoms with Crippen LogP contribution in [0.1, 0.15) is 39.0 Å². The number of azo groups is 1. The van der Waals surface area contributed by atoms with Crippen LogP contribution in [0.15, 0.2) is 31.7 Å². The number of pyridine rings is 1. The van der Waals surface area contributed by atoms with Crippen LogP contribution in [-0.4, -0.2) is 21.4 Å². The molecule has 0 aliphatic rings. The van der Waals surface area contributed by atoms with E-state index in [9.17, 15) is 9.90 Å². The van der Waals surface area contributed by atoms with Crippen LogP contribution in [0.5, 0.6) is 5.88 Å². The van der Waals surface area contributed by atoms with Crippen LogP contribution in [-0.2, 0) is 21.4 Å². The predicted octanol–water partition coefficient (Wildman–Crippen LogP) is 2.76. The normalized spacial score (nSPS) is 11.0. The fourth-order valence-electron chi connectivity index (χ4n) is 1.74. The first-order valence-corrected chi connectivity index (χ1v) is 7.06. The lowest BCUT2D eigenvalue weighted by atomic mass is 9.93. The molecule has 9 heteroatoms. The number of aryl methyl sites for hydroxylation is 1. The second-order valence-electron chi connectivity index (χ2n) is 5.79. The van der Waals surface area contributed by atoms with Crippen LogP contribution in [0, 0.1) is 0 Å². The molecule has 0 atom stereocenters. The van der Waals surface area contributed by atoms with Crippen molar-refractivity contribution in [2.45, 2.75) is 39.5 Å². The first-order valence-electron chi connectivity index (χ1n) is 7.06. The van der Waals surface area contributed by atoms with Gasteiger partial charge in [0.05, 0.1) is 0 Å². The number of aromatic amines is 1. The van der Waals surface area contributed by atoms with Crippen molar-refractivity contribution in [1.29, 1.82) is 0 Å². The molecule has 2 aromatic rings. The fraction of sp³-hybridized carbons (Fsp3) is 0.400. The standard InChI is InChI=1S/C14H18N4O3.CO2/c1-5-8-6-11(19)15-13(20)12(8)17-16-10-7-9(21-18-10)14(2,3)4;2-1-3/h6-7H,5H2,1-4H3,(H2,15,19,20);. The molecule has 0 saturated carbocycles. The molecule has 0 radical (unpaired) electrons. The van der Waals surface area contributed by atoms with E-state index in [1.54, 1.807) is 6.07 Å². The maximum atomic E-state index is 11.3. The fourth-order valence-corrected chi connectivity index (χ4v) is 1.74. The smallest absolute Gasteiger partial charge is 0.373 e. The van der Waals surface area contributed by atoms with Gasteiger partial charge in [0.2, 0.25) is 11.7 Å². The average molecular weight is 334 g/mol. The molecule has 0 aromatic carbocycles. The van der Waals surface area contributed by atoms with Gasteiger partial charge in [-0.25, -0.2) is 0 Å². The number of carbonyl (C=O) groups excluding carboxylic acids is 2. The van der Waals surface area contributed by atoms with E-state index >= 15 is 0 Å². The summed E-state index contributed by atoms with van der Waals surface area (Å²) in [5.41, 5.74) is 0.298. The van der Waals surface area contributed by atoms with E-state index < -0.39 is 0 Å². The Morgan fingerprint density at radius 2 is 1.92 bits per heavy atom. The molecule has 0 saturated heterocycles. The van der Waals surface area contributed by atoms with E-state index in [1.165, 1.54) is 6.07 Å². The van der Waals surface area contributed by atoms with Gasteiger partial charge >= 0.3 is 6.15 Å². The second kappa shape index (κ2) is 7.98. The van der Waals surface area contributed by atoms with Crippen molar-refractivity contribution in [3.05, 3.63) is 33.8 Å². The molecular formula is C15H18N4O5. The Labute approximate surface area is 137 Å². The summed E-state index contributed by atoms with van der Waals surface area (Å²) in [5.74, 6) is 0.702. The number of aromatic hydroxyl groups is 1. The number of hydrogen-bond donors (Lipinski definition) is 2. The molecule has 0 bridgehead atoms. The highest BCUT2D eigenvalue weighted by molar-refractivity contribution is 5.52. The van der Waals surface area contributed by atoms with Gasteiger partial charge in [0, 0.05) is 17.5 Å². The Hall–Kier alpha value is -3.06. The summed E-state index contributed by atoms with van der Waals surface area (Å²) in [6.45, 7) is 7.85. The number of nitrogens with one attached hydrogen (secondary N) is 1. The molecule has 2 rings (SSSR count). The lowest BCUT2D eigenvalue weighted by molar-refractivity contribution is -0.191. The van der Waals surface area contributed by atoms with Crippen LogP contribution in [0.25, 0.3) is 0 Å². The number of nitrogens with zero attached hydrogens (tertiary/aromatic N) is 3. The maximum Gasteiger partial charge on any atom is 0.373 e. The average Bonchev–Trinajstić information content (AvgIpc) is 2.95. The Bertz CT molecular complexity index is 808. The topological polar surface area (TPSA) is 138 Å². The molecule has 2 aromatic heterocycles. The van der Waals surface area contributed by atoms with E-state index in [-0.39, 0.29) is 28.7 Å². The maximum absolute atomic E-state index is 11.3. The third kappa shape index (κ3) is 4.99. The largest absolute Gasteiger partial charge is 0.493 e. The zero-order chi connectivity index (χ0) is 18.3. The van der Waals surface area contributed by atoms with E-state index in [1.807, 2.05) is 27.7 Å². The molecule has 2 heterocycles. The summed E-state index contributed by atoms with van der Waals surface area (Å²) in [5, 5.41) is 21.5. The Kier molecular flexibility index (Phi) is 6.31. The molecule has 24 heavy (non-hydrogen) atoms. The molecule has 0 fully saturated rings. The summed E-state index contributed by atoms with van der Waals surface area (Å²) in [6, 6.07) is 3.08. The molecule has 0 spiro atoms. The SMILES string of the molecule is CCc1cc(=O)[nH]c(O)c1N=Nc1cc(C(C)(C)C)on1.O=C=O. The zero-order valence-electron chi connectivity index (χ0n) is 13.8. The highest BCUT2D eigenvalue weighted by Gasteiger charge is 2.19. The van der Waals surface area contributed by atoms with Crippen LogP contribution in [0.2, 0.25) is 0 Å². The predicted molar refractivity (Wildman–Crippen MR) is 82.5 cm³/mol. The lowest BCUT2D eigenvalue weighted by Crippen LogP contribution is -2.08. The van der Waals surface area contributed by atoms with Gasteiger partial charge in [-0.15, -0.1) is 10.2 Å². The molecule has 0 unspecified atom stereocenters. The highest BCUT2D eigenvalue weighted by atomic mass is 16.5. The third-order valence-electron chi connectivity index (χ3n) is 2.95. The van der Waals surface area contributed by atoms with E-state index in [2.05, 4.69) is 20.4 Å². The second-order valence-corrected chi connectivity index (χ2v) is 5.79. The number of H-pyrrole nitrogens is 1. The molecule has 2 N–H and O–H groups in total. The number of hydrogen-bond acceptors (Lipinski definition) is 8. The van der Waals surface area contributed by atoms with Crippen molar-refractivity contribution < 1.29 is 19.2 Å². The van der Waals surface area contributed by atoms with Crippen molar-refractivity contribution in [1.82, 2.24) is 10.1 Å². The Morgan fingerprint density at radius 3 is 2.42 bits per heavy atom. The summed E-state index contributed by atoms with van der Waals surface area (Å²) >= 11 is 0. The van der Waals surface area contributed by atoms with Gasteiger partial charge in [-0.3, -0.25) is 9.78 Å². The first kappa shape index (κ1) is 19.0. The van der Waals surface area contributed by atoms with Crippen molar-refractivity contribution in [2.75, 3.05) is 0 Å². The minimum absolute atomic E-state index is 0.171. The Balaban J connectivity index is 0.000000891. The minimum atomic E-state index is -0.375. The summed E-state index contributed by atoms with van der Waals surface area (Å²) in [7, 11) is 0. The van der Waals surface area contributed by atoms with Crippen molar-refractivity contribution >= 4 is 17.7 Å². The zero-order valence-corrected chi connectivity index (χ0v) is 13.8. The molecule has 0 aliphatic heterocycles. The van der Waals surface area contributed by atoms with Crippen molar-refractivity contribution in [3.63, 3.8) is 0 Å². The van der Waals surface area contributed by atoms with Gasteiger partial charge < -0.3 is 9.63 Å². The van der Waals surface area contributed by atoms with E-state index in [4.69, 9.17) is 14.1 Å². The van der Waals surface area contributed by atoms with Crippen LogP contribution >= 0.6 is 0 Å². The molecule has 128 valence electrons.